The molecule has 0 aliphatic carbocycles. The molecule has 21 heavy (non-hydrogen) atoms. The number of aromatic nitrogens is 3. The van der Waals surface area contributed by atoms with Crippen molar-refractivity contribution in [1.82, 2.24) is 19.9 Å². The van der Waals surface area contributed by atoms with E-state index in [1.165, 1.54) is 0 Å². The van der Waals surface area contributed by atoms with Crippen LogP contribution in [0.4, 0.5) is 5.95 Å². The smallest absolute Gasteiger partial charge is 0.228 e. The van der Waals surface area contributed by atoms with E-state index in [4.69, 9.17) is 0 Å². The summed E-state index contributed by atoms with van der Waals surface area (Å²) < 4.78 is 0. The van der Waals surface area contributed by atoms with Crippen LogP contribution in [0, 0.1) is 6.92 Å². The van der Waals surface area contributed by atoms with E-state index < -0.39 is 0 Å². The largest absolute Gasteiger partial charge is 0.339 e. The number of thiazole rings is 1. The van der Waals surface area contributed by atoms with E-state index in [0.717, 1.165) is 29.7 Å². The highest BCUT2D eigenvalue weighted by molar-refractivity contribution is 7.09. The zero-order chi connectivity index (χ0) is 14.7. The molecule has 0 unspecified atom stereocenters. The summed E-state index contributed by atoms with van der Waals surface area (Å²) in [5.41, 5.74) is 0.872. The number of carbonyl (C=O) groups is 1. The number of hydrogen-bond donors (Lipinski definition) is 0. The van der Waals surface area contributed by atoms with Crippen molar-refractivity contribution in [3.63, 3.8) is 0 Å². The minimum absolute atomic E-state index is 0.147. The SMILES string of the molecule is Cc1nc(CC(=O)N2CCN(c3ncccn3)CC2)cs1. The second-order valence-corrected chi connectivity index (χ2v) is 6.01. The van der Waals surface area contributed by atoms with Gasteiger partial charge in [0.2, 0.25) is 11.9 Å². The van der Waals surface area contributed by atoms with Crippen molar-refractivity contribution >= 4 is 23.2 Å². The van der Waals surface area contributed by atoms with Crippen LogP contribution in [0.2, 0.25) is 0 Å². The topological polar surface area (TPSA) is 62.2 Å². The van der Waals surface area contributed by atoms with Crippen molar-refractivity contribution in [2.45, 2.75) is 13.3 Å². The molecule has 0 radical (unpaired) electrons. The summed E-state index contributed by atoms with van der Waals surface area (Å²) in [5, 5.41) is 2.96. The van der Waals surface area contributed by atoms with Crippen molar-refractivity contribution in [2.24, 2.45) is 0 Å². The summed E-state index contributed by atoms with van der Waals surface area (Å²) in [6.07, 6.45) is 3.88. The summed E-state index contributed by atoms with van der Waals surface area (Å²) in [6, 6.07) is 1.80. The molecule has 0 saturated carbocycles. The summed E-state index contributed by atoms with van der Waals surface area (Å²) >= 11 is 1.58. The maximum absolute atomic E-state index is 12.3. The standard InChI is InChI=1S/C14H17N5OS/c1-11-17-12(10-21-11)9-13(20)18-5-7-19(8-6-18)14-15-3-2-4-16-14/h2-4,10H,5-9H2,1H3. The molecule has 0 bridgehead atoms. The molecule has 0 N–H and O–H groups in total. The Morgan fingerprint density at radius 3 is 2.57 bits per heavy atom. The fourth-order valence-corrected chi connectivity index (χ4v) is 2.98. The Morgan fingerprint density at radius 2 is 1.95 bits per heavy atom. The molecule has 6 nitrogen and oxygen atoms in total. The molecule has 2 aromatic heterocycles. The maximum Gasteiger partial charge on any atom is 0.228 e. The predicted octanol–water partition coefficient (Wildman–Crippen LogP) is 1.13. The van der Waals surface area contributed by atoms with Gasteiger partial charge < -0.3 is 9.80 Å². The first-order valence-corrected chi connectivity index (χ1v) is 7.81. The fraction of sp³-hybridized carbons (Fsp3) is 0.429. The van der Waals surface area contributed by atoms with E-state index in [1.54, 1.807) is 29.8 Å². The molecule has 0 aromatic carbocycles. The summed E-state index contributed by atoms with van der Waals surface area (Å²) in [5.74, 6) is 0.883. The van der Waals surface area contributed by atoms with E-state index in [2.05, 4.69) is 19.9 Å². The quantitative estimate of drug-likeness (QED) is 0.850. The van der Waals surface area contributed by atoms with Crippen molar-refractivity contribution < 1.29 is 4.79 Å². The lowest BCUT2D eigenvalue weighted by Crippen LogP contribution is -2.49. The molecular formula is C14H17N5OS. The number of rotatable bonds is 3. The number of nitrogens with zero attached hydrogens (tertiary/aromatic N) is 5. The van der Waals surface area contributed by atoms with E-state index in [9.17, 15) is 4.79 Å². The van der Waals surface area contributed by atoms with E-state index in [0.29, 0.717) is 19.5 Å². The molecule has 1 amide bonds. The molecule has 2 aromatic rings. The van der Waals surface area contributed by atoms with Crippen LogP contribution in [0.5, 0.6) is 0 Å². The average Bonchev–Trinajstić information content (AvgIpc) is 2.93. The van der Waals surface area contributed by atoms with E-state index in [-0.39, 0.29) is 5.91 Å². The number of amides is 1. The highest BCUT2D eigenvalue weighted by Gasteiger charge is 2.22. The predicted molar refractivity (Wildman–Crippen MR) is 81.4 cm³/mol. The third-order valence-electron chi connectivity index (χ3n) is 3.47. The van der Waals surface area contributed by atoms with Gasteiger partial charge >= 0.3 is 0 Å². The van der Waals surface area contributed by atoms with Crippen molar-refractivity contribution in [3.05, 3.63) is 34.5 Å². The van der Waals surface area contributed by atoms with Gasteiger partial charge in [-0.15, -0.1) is 11.3 Å². The second-order valence-electron chi connectivity index (χ2n) is 4.95. The van der Waals surface area contributed by atoms with Crippen LogP contribution < -0.4 is 4.90 Å². The van der Waals surface area contributed by atoms with Gasteiger partial charge in [-0.2, -0.15) is 0 Å². The third kappa shape index (κ3) is 3.36. The zero-order valence-electron chi connectivity index (χ0n) is 11.9. The molecule has 1 saturated heterocycles. The van der Waals surface area contributed by atoms with Crippen LogP contribution >= 0.6 is 11.3 Å². The van der Waals surface area contributed by atoms with E-state index in [1.807, 2.05) is 17.2 Å². The molecule has 3 heterocycles. The normalized spacial score (nSPS) is 15.3. The van der Waals surface area contributed by atoms with Gasteiger partial charge in [-0.05, 0) is 13.0 Å². The van der Waals surface area contributed by atoms with Crippen molar-refractivity contribution in [1.29, 1.82) is 0 Å². The lowest BCUT2D eigenvalue weighted by molar-refractivity contribution is -0.130. The molecule has 3 rings (SSSR count). The zero-order valence-corrected chi connectivity index (χ0v) is 12.7. The molecule has 1 aliphatic heterocycles. The number of piperazine rings is 1. The highest BCUT2D eigenvalue weighted by atomic mass is 32.1. The van der Waals surface area contributed by atoms with Crippen LogP contribution in [0.25, 0.3) is 0 Å². The summed E-state index contributed by atoms with van der Waals surface area (Å²) in [7, 11) is 0. The van der Waals surface area contributed by atoms with Crippen LogP contribution in [-0.2, 0) is 11.2 Å². The minimum atomic E-state index is 0.147. The molecule has 1 aliphatic rings. The van der Waals surface area contributed by atoms with Crippen molar-refractivity contribution in [2.75, 3.05) is 31.1 Å². The molecule has 0 atom stereocenters. The van der Waals surface area contributed by atoms with Crippen LogP contribution in [0.1, 0.15) is 10.7 Å². The first kappa shape index (κ1) is 13.9. The van der Waals surface area contributed by atoms with Gasteiger partial charge in [-0.25, -0.2) is 15.0 Å². The van der Waals surface area contributed by atoms with Gasteiger partial charge in [0.25, 0.3) is 0 Å². The Kier molecular flexibility index (Phi) is 4.10. The lowest BCUT2D eigenvalue weighted by atomic mass is 10.2. The number of hydrogen-bond acceptors (Lipinski definition) is 6. The Bertz CT molecular complexity index is 607. The fourth-order valence-electron chi connectivity index (χ4n) is 2.37. The summed E-state index contributed by atoms with van der Waals surface area (Å²) in [4.78, 5) is 29.1. The van der Waals surface area contributed by atoms with Crippen LogP contribution in [-0.4, -0.2) is 51.9 Å². The van der Waals surface area contributed by atoms with Gasteiger partial charge in [-0.3, -0.25) is 4.79 Å². The number of aryl methyl sites for hydroxylation is 1. The first-order valence-electron chi connectivity index (χ1n) is 6.93. The van der Waals surface area contributed by atoms with Crippen LogP contribution in [0.3, 0.4) is 0 Å². The number of carbonyl (C=O) groups excluding carboxylic acids is 1. The minimum Gasteiger partial charge on any atom is -0.339 e. The molecule has 7 heteroatoms. The van der Waals surface area contributed by atoms with Crippen molar-refractivity contribution in [3.8, 4) is 0 Å². The lowest BCUT2D eigenvalue weighted by Gasteiger charge is -2.34. The average molecular weight is 303 g/mol. The van der Waals surface area contributed by atoms with Crippen LogP contribution in [0.15, 0.2) is 23.8 Å². The monoisotopic (exact) mass is 303 g/mol. The van der Waals surface area contributed by atoms with Gasteiger partial charge in [0, 0.05) is 44.0 Å². The Labute approximate surface area is 127 Å². The first-order chi connectivity index (χ1) is 10.2. The van der Waals surface area contributed by atoms with E-state index >= 15 is 0 Å². The molecule has 0 spiro atoms. The van der Waals surface area contributed by atoms with Gasteiger partial charge in [0.1, 0.15) is 0 Å². The Hall–Kier alpha value is -2.02. The Morgan fingerprint density at radius 1 is 1.24 bits per heavy atom. The molecule has 110 valence electrons. The number of anilines is 1. The van der Waals surface area contributed by atoms with Gasteiger partial charge in [0.15, 0.2) is 0 Å². The Balaban J connectivity index is 1.54. The highest BCUT2D eigenvalue weighted by Crippen LogP contribution is 2.13. The van der Waals surface area contributed by atoms with Gasteiger partial charge in [-0.1, -0.05) is 0 Å². The molecular weight excluding hydrogens is 286 g/mol. The molecule has 1 fully saturated rings. The van der Waals surface area contributed by atoms with Gasteiger partial charge in [0.05, 0.1) is 17.1 Å². The maximum atomic E-state index is 12.3. The third-order valence-corrected chi connectivity index (χ3v) is 4.29. The second kappa shape index (κ2) is 6.17. The summed E-state index contributed by atoms with van der Waals surface area (Å²) in [6.45, 7) is 4.91.